The van der Waals surface area contributed by atoms with Gasteiger partial charge in [-0.3, -0.25) is 0 Å². The van der Waals surface area contributed by atoms with Crippen molar-refractivity contribution >= 4 is 10.0 Å². The lowest BCUT2D eigenvalue weighted by Crippen LogP contribution is -2.39. The molecule has 86 valence electrons. The lowest BCUT2D eigenvalue weighted by molar-refractivity contribution is 0.236. The predicted molar refractivity (Wildman–Crippen MR) is 54.7 cm³/mol. The van der Waals surface area contributed by atoms with Crippen molar-refractivity contribution < 1.29 is 13.5 Å². The maximum absolute atomic E-state index is 12.0. The van der Waals surface area contributed by atoms with Crippen LogP contribution in [0, 0.1) is 0 Å². The van der Waals surface area contributed by atoms with Crippen molar-refractivity contribution in [3.05, 3.63) is 12.5 Å². The average molecular weight is 233 g/mol. The molecule has 1 aromatic heterocycles. The molecule has 0 aromatic carbocycles. The largest absolute Gasteiger partial charge is 0.395 e. The number of hydrogen-bond donors (Lipinski definition) is 2. The number of aliphatic hydroxyl groups is 1. The van der Waals surface area contributed by atoms with Crippen molar-refractivity contribution in [2.75, 3.05) is 13.2 Å². The van der Waals surface area contributed by atoms with E-state index in [-0.39, 0.29) is 24.2 Å². The van der Waals surface area contributed by atoms with Crippen LogP contribution in [0.25, 0.3) is 0 Å². The van der Waals surface area contributed by atoms with E-state index in [1.54, 1.807) is 13.8 Å². The van der Waals surface area contributed by atoms with Gasteiger partial charge in [-0.2, -0.15) is 4.31 Å². The first-order valence-corrected chi connectivity index (χ1v) is 6.05. The molecule has 0 spiro atoms. The molecule has 7 heteroatoms. The molecular weight excluding hydrogens is 218 g/mol. The average Bonchev–Trinajstić information content (AvgIpc) is 2.66. The number of aromatic nitrogens is 2. The first-order chi connectivity index (χ1) is 7.00. The SMILES string of the molecule is CC(C)N(CCO)S(=O)(=O)c1cnc[nH]1. The summed E-state index contributed by atoms with van der Waals surface area (Å²) in [6, 6.07) is -0.203. The fourth-order valence-electron chi connectivity index (χ4n) is 1.26. The Labute approximate surface area is 89.0 Å². The normalized spacial score (nSPS) is 12.6. The third kappa shape index (κ3) is 2.55. The Morgan fingerprint density at radius 2 is 2.27 bits per heavy atom. The number of sulfonamides is 1. The maximum atomic E-state index is 12.0. The molecule has 1 heterocycles. The van der Waals surface area contributed by atoms with Crippen LogP contribution in [0.2, 0.25) is 0 Å². The maximum Gasteiger partial charge on any atom is 0.260 e. The third-order valence-electron chi connectivity index (χ3n) is 1.96. The van der Waals surface area contributed by atoms with Gasteiger partial charge in [-0.15, -0.1) is 0 Å². The third-order valence-corrected chi connectivity index (χ3v) is 3.96. The summed E-state index contributed by atoms with van der Waals surface area (Å²) < 4.78 is 25.2. The number of aliphatic hydroxyl groups excluding tert-OH is 1. The summed E-state index contributed by atoms with van der Waals surface area (Å²) in [5.41, 5.74) is 0. The van der Waals surface area contributed by atoms with E-state index in [0.717, 1.165) is 0 Å². The molecule has 0 saturated heterocycles. The van der Waals surface area contributed by atoms with Gasteiger partial charge in [-0.1, -0.05) is 0 Å². The van der Waals surface area contributed by atoms with E-state index in [4.69, 9.17) is 5.11 Å². The second-order valence-electron chi connectivity index (χ2n) is 3.35. The smallest absolute Gasteiger partial charge is 0.260 e. The molecule has 0 aliphatic carbocycles. The molecule has 0 radical (unpaired) electrons. The minimum absolute atomic E-state index is 0.0460. The van der Waals surface area contributed by atoms with E-state index in [2.05, 4.69) is 9.97 Å². The highest BCUT2D eigenvalue weighted by Crippen LogP contribution is 2.14. The van der Waals surface area contributed by atoms with Gasteiger partial charge < -0.3 is 10.1 Å². The molecule has 2 N–H and O–H groups in total. The highest BCUT2D eigenvalue weighted by molar-refractivity contribution is 7.89. The van der Waals surface area contributed by atoms with Crippen molar-refractivity contribution in [2.24, 2.45) is 0 Å². The minimum atomic E-state index is -3.56. The zero-order valence-corrected chi connectivity index (χ0v) is 9.53. The van der Waals surface area contributed by atoms with Crippen molar-refractivity contribution in [1.29, 1.82) is 0 Å². The molecule has 0 amide bonds. The van der Waals surface area contributed by atoms with E-state index >= 15 is 0 Å². The second-order valence-corrected chi connectivity index (χ2v) is 5.21. The van der Waals surface area contributed by atoms with Crippen LogP contribution >= 0.6 is 0 Å². The highest BCUT2D eigenvalue weighted by atomic mass is 32.2. The van der Waals surface area contributed by atoms with Gasteiger partial charge in [0.25, 0.3) is 10.0 Å². The Bertz CT molecular complexity index is 385. The van der Waals surface area contributed by atoms with Crippen LogP contribution < -0.4 is 0 Å². The Kier molecular flexibility index (Phi) is 3.83. The number of hydrogen-bond acceptors (Lipinski definition) is 4. The summed E-state index contributed by atoms with van der Waals surface area (Å²) in [6.45, 7) is 3.39. The van der Waals surface area contributed by atoms with Gasteiger partial charge in [-0.05, 0) is 13.8 Å². The van der Waals surface area contributed by atoms with E-state index in [0.29, 0.717) is 0 Å². The van der Waals surface area contributed by atoms with Gasteiger partial charge in [-0.25, -0.2) is 13.4 Å². The van der Waals surface area contributed by atoms with Crippen LogP contribution in [0.15, 0.2) is 17.6 Å². The Morgan fingerprint density at radius 1 is 1.60 bits per heavy atom. The van der Waals surface area contributed by atoms with E-state index in [1.165, 1.54) is 16.8 Å². The Hall–Kier alpha value is -0.920. The molecule has 0 fully saturated rings. The fraction of sp³-hybridized carbons (Fsp3) is 0.625. The monoisotopic (exact) mass is 233 g/mol. The molecule has 0 atom stereocenters. The first kappa shape index (κ1) is 12.2. The molecule has 1 aromatic rings. The van der Waals surface area contributed by atoms with Crippen molar-refractivity contribution in [2.45, 2.75) is 24.9 Å². The number of nitrogens with one attached hydrogen (secondary N) is 1. The molecular formula is C8H15N3O3S. The van der Waals surface area contributed by atoms with Crippen molar-refractivity contribution in [1.82, 2.24) is 14.3 Å². The Morgan fingerprint density at radius 3 is 2.67 bits per heavy atom. The number of nitrogens with zero attached hydrogens (tertiary/aromatic N) is 2. The number of imidazole rings is 1. The van der Waals surface area contributed by atoms with Gasteiger partial charge in [0.15, 0.2) is 5.03 Å². The summed E-state index contributed by atoms with van der Waals surface area (Å²) >= 11 is 0. The molecule has 0 bridgehead atoms. The highest BCUT2D eigenvalue weighted by Gasteiger charge is 2.27. The predicted octanol–water partition coefficient (Wildman–Crippen LogP) is -0.199. The molecule has 15 heavy (non-hydrogen) atoms. The number of H-pyrrole nitrogens is 1. The molecule has 0 saturated carbocycles. The topological polar surface area (TPSA) is 86.3 Å². The number of rotatable bonds is 5. The van der Waals surface area contributed by atoms with E-state index in [1.807, 2.05) is 0 Å². The molecule has 0 aliphatic heterocycles. The lowest BCUT2D eigenvalue weighted by Gasteiger charge is -2.23. The van der Waals surface area contributed by atoms with E-state index < -0.39 is 10.0 Å². The van der Waals surface area contributed by atoms with Crippen LogP contribution in [0.5, 0.6) is 0 Å². The van der Waals surface area contributed by atoms with E-state index in [9.17, 15) is 8.42 Å². The van der Waals surface area contributed by atoms with Gasteiger partial charge in [0.05, 0.1) is 19.1 Å². The first-order valence-electron chi connectivity index (χ1n) is 4.61. The van der Waals surface area contributed by atoms with Gasteiger partial charge in [0.1, 0.15) is 0 Å². The molecule has 1 rings (SSSR count). The standard InChI is InChI=1S/C8H15N3O3S/c1-7(2)11(3-4-12)15(13,14)8-5-9-6-10-8/h5-7,12H,3-4H2,1-2H3,(H,9,10). The van der Waals surface area contributed by atoms with Crippen LogP contribution in [-0.2, 0) is 10.0 Å². The summed E-state index contributed by atoms with van der Waals surface area (Å²) in [7, 11) is -3.56. The minimum Gasteiger partial charge on any atom is -0.395 e. The summed E-state index contributed by atoms with van der Waals surface area (Å²) in [5.74, 6) is 0. The molecule has 0 unspecified atom stereocenters. The van der Waals surface area contributed by atoms with Crippen molar-refractivity contribution in [3.8, 4) is 0 Å². The van der Waals surface area contributed by atoms with Crippen LogP contribution in [0.4, 0.5) is 0 Å². The summed E-state index contributed by atoms with van der Waals surface area (Å²) in [4.78, 5) is 6.22. The molecule has 0 aliphatic rings. The van der Waals surface area contributed by atoms with Crippen molar-refractivity contribution in [3.63, 3.8) is 0 Å². The number of aromatic amines is 1. The lowest BCUT2D eigenvalue weighted by atomic mass is 10.4. The van der Waals surface area contributed by atoms with Crippen LogP contribution in [0.3, 0.4) is 0 Å². The zero-order valence-electron chi connectivity index (χ0n) is 8.71. The zero-order chi connectivity index (χ0) is 11.5. The van der Waals surface area contributed by atoms with Gasteiger partial charge in [0, 0.05) is 12.6 Å². The van der Waals surface area contributed by atoms with Crippen LogP contribution in [0.1, 0.15) is 13.8 Å². The van der Waals surface area contributed by atoms with Gasteiger partial charge >= 0.3 is 0 Å². The fourth-order valence-corrected chi connectivity index (χ4v) is 2.79. The quantitative estimate of drug-likeness (QED) is 0.737. The summed E-state index contributed by atoms with van der Waals surface area (Å²) in [5, 5.41) is 8.86. The Balaban J connectivity index is 3.02. The summed E-state index contributed by atoms with van der Waals surface area (Å²) in [6.07, 6.45) is 2.56. The second kappa shape index (κ2) is 4.73. The van der Waals surface area contributed by atoms with Crippen LogP contribution in [-0.4, -0.2) is 47.0 Å². The molecule has 6 nitrogen and oxygen atoms in total. The van der Waals surface area contributed by atoms with Gasteiger partial charge in [0.2, 0.25) is 0 Å².